The Morgan fingerprint density at radius 1 is 1.20 bits per heavy atom. The molecule has 1 aromatic rings. The molecule has 2 atom stereocenters. The monoisotopic (exact) mass is 297 g/mol. The SMILES string of the molecule is O=S1(=O)CCCC2(CCNCC2c2ccc(F)cc2)C1. The summed E-state index contributed by atoms with van der Waals surface area (Å²) >= 11 is 0. The number of benzene rings is 1. The molecule has 3 rings (SSSR count). The number of rotatable bonds is 1. The van der Waals surface area contributed by atoms with Gasteiger partial charge in [0.05, 0.1) is 11.5 Å². The van der Waals surface area contributed by atoms with Gasteiger partial charge in [-0.3, -0.25) is 0 Å². The van der Waals surface area contributed by atoms with E-state index >= 15 is 0 Å². The predicted octanol–water partition coefficient (Wildman–Crippen LogP) is 2.10. The van der Waals surface area contributed by atoms with Crippen LogP contribution in [0.5, 0.6) is 0 Å². The maximum atomic E-state index is 13.1. The van der Waals surface area contributed by atoms with Crippen LogP contribution in [0.15, 0.2) is 24.3 Å². The van der Waals surface area contributed by atoms with E-state index in [2.05, 4.69) is 5.32 Å². The number of sulfone groups is 1. The lowest BCUT2D eigenvalue weighted by atomic mass is 9.66. The molecule has 0 saturated carbocycles. The van der Waals surface area contributed by atoms with Crippen molar-refractivity contribution in [1.29, 1.82) is 0 Å². The van der Waals surface area contributed by atoms with Gasteiger partial charge in [0, 0.05) is 12.5 Å². The molecule has 0 bridgehead atoms. The van der Waals surface area contributed by atoms with E-state index in [1.54, 1.807) is 12.1 Å². The van der Waals surface area contributed by atoms with Crippen molar-refractivity contribution < 1.29 is 12.8 Å². The number of hydrogen-bond donors (Lipinski definition) is 1. The van der Waals surface area contributed by atoms with Crippen molar-refractivity contribution in [1.82, 2.24) is 5.32 Å². The van der Waals surface area contributed by atoms with Gasteiger partial charge in [0.25, 0.3) is 0 Å². The molecule has 2 saturated heterocycles. The Labute approximate surface area is 119 Å². The first-order valence-electron chi connectivity index (χ1n) is 7.17. The van der Waals surface area contributed by atoms with Gasteiger partial charge in [-0.15, -0.1) is 0 Å². The zero-order valence-corrected chi connectivity index (χ0v) is 12.3. The van der Waals surface area contributed by atoms with E-state index < -0.39 is 9.84 Å². The van der Waals surface area contributed by atoms with Gasteiger partial charge in [0.1, 0.15) is 5.82 Å². The number of hydrogen-bond acceptors (Lipinski definition) is 3. The lowest BCUT2D eigenvalue weighted by molar-refractivity contribution is 0.168. The summed E-state index contributed by atoms with van der Waals surface area (Å²) in [5.74, 6) is 0.511. The fourth-order valence-corrected chi connectivity index (χ4v) is 5.93. The van der Waals surface area contributed by atoms with Crippen LogP contribution in [0.25, 0.3) is 0 Å². The molecule has 2 aliphatic heterocycles. The molecule has 5 heteroatoms. The molecule has 0 amide bonds. The van der Waals surface area contributed by atoms with Crippen LogP contribution in [-0.2, 0) is 9.84 Å². The summed E-state index contributed by atoms with van der Waals surface area (Å²) in [5.41, 5.74) is 0.885. The van der Waals surface area contributed by atoms with Crippen LogP contribution in [-0.4, -0.2) is 33.0 Å². The Balaban J connectivity index is 1.96. The summed E-state index contributed by atoms with van der Waals surface area (Å²) in [6.07, 6.45) is 2.59. The van der Waals surface area contributed by atoms with Gasteiger partial charge in [-0.2, -0.15) is 0 Å². The molecule has 0 radical (unpaired) electrons. The molecule has 20 heavy (non-hydrogen) atoms. The summed E-state index contributed by atoms with van der Waals surface area (Å²) in [5, 5.41) is 3.36. The molecule has 3 nitrogen and oxygen atoms in total. The first-order chi connectivity index (χ1) is 9.51. The van der Waals surface area contributed by atoms with Crippen molar-refractivity contribution >= 4 is 9.84 Å². The Morgan fingerprint density at radius 3 is 2.65 bits per heavy atom. The van der Waals surface area contributed by atoms with Crippen molar-refractivity contribution in [2.24, 2.45) is 5.41 Å². The molecular weight excluding hydrogens is 277 g/mol. The molecule has 0 aliphatic carbocycles. The minimum atomic E-state index is -2.94. The number of piperidine rings is 1. The molecule has 2 fully saturated rings. The highest BCUT2D eigenvalue weighted by Gasteiger charge is 2.46. The zero-order chi connectivity index (χ0) is 14.2. The van der Waals surface area contributed by atoms with E-state index in [1.165, 1.54) is 12.1 Å². The molecule has 2 unspecified atom stereocenters. The average Bonchev–Trinajstić information content (AvgIpc) is 2.39. The predicted molar refractivity (Wildman–Crippen MR) is 76.9 cm³/mol. The van der Waals surface area contributed by atoms with E-state index in [9.17, 15) is 12.8 Å². The molecular formula is C15H20FNO2S. The highest BCUT2D eigenvalue weighted by molar-refractivity contribution is 7.91. The fraction of sp³-hybridized carbons (Fsp3) is 0.600. The second-order valence-corrected chi connectivity index (χ2v) is 8.30. The normalized spacial score (nSPS) is 33.1. The summed E-state index contributed by atoms with van der Waals surface area (Å²) in [4.78, 5) is 0. The summed E-state index contributed by atoms with van der Waals surface area (Å²) < 4.78 is 37.2. The molecule has 1 spiro atoms. The number of halogens is 1. The lowest BCUT2D eigenvalue weighted by Gasteiger charge is -2.47. The van der Waals surface area contributed by atoms with E-state index in [1.807, 2.05) is 0 Å². The quantitative estimate of drug-likeness (QED) is 0.863. The van der Waals surface area contributed by atoms with Gasteiger partial charge < -0.3 is 5.32 Å². The third-order valence-electron chi connectivity index (χ3n) is 4.80. The second kappa shape index (κ2) is 5.11. The summed E-state index contributed by atoms with van der Waals surface area (Å²) in [6.45, 7) is 1.65. The van der Waals surface area contributed by atoms with Gasteiger partial charge >= 0.3 is 0 Å². The third-order valence-corrected chi connectivity index (χ3v) is 6.72. The Bertz CT molecular complexity index is 580. The Kier molecular flexibility index (Phi) is 3.58. The fourth-order valence-electron chi connectivity index (χ4n) is 3.84. The van der Waals surface area contributed by atoms with Crippen LogP contribution >= 0.6 is 0 Å². The van der Waals surface area contributed by atoms with Crippen LogP contribution in [0.2, 0.25) is 0 Å². The van der Waals surface area contributed by atoms with E-state index in [-0.39, 0.29) is 22.9 Å². The van der Waals surface area contributed by atoms with Gasteiger partial charge in [0.15, 0.2) is 9.84 Å². The number of nitrogens with one attached hydrogen (secondary N) is 1. The summed E-state index contributed by atoms with van der Waals surface area (Å²) in [7, 11) is -2.94. The maximum Gasteiger partial charge on any atom is 0.150 e. The summed E-state index contributed by atoms with van der Waals surface area (Å²) in [6, 6.07) is 6.54. The molecule has 2 heterocycles. The van der Waals surface area contributed by atoms with Crippen LogP contribution < -0.4 is 5.32 Å². The van der Waals surface area contributed by atoms with Crippen molar-refractivity contribution in [3.8, 4) is 0 Å². The van der Waals surface area contributed by atoms with Crippen molar-refractivity contribution in [3.05, 3.63) is 35.6 Å². The second-order valence-electron chi connectivity index (χ2n) is 6.12. The van der Waals surface area contributed by atoms with Crippen molar-refractivity contribution in [2.45, 2.75) is 25.2 Å². The molecule has 1 aromatic carbocycles. The molecule has 1 N–H and O–H groups in total. The minimum Gasteiger partial charge on any atom is -0.316 e. The molecule has 110 valence electrons. The van der Waals surface area contributed by atoms with Gasteiger partial charge in [-0.1, -0.05) is 12.1 Å². The zero-order valence-electron chi connectivity index (χ0n) is 11.4. The molecule has 0 aromatic heterocycles. The van der Waals surface area contributed by atoms with Crippen molar-refractivity contribution in [3.63, 3.8) is 0 Å². The van der Waals surface area contributed by atoms with Crippen LogP contribution in [0.3, 0.4) is 0 Å². The Morgan fingerprint density at radius 2 is 1.95 bits per heavy atom. The first kappa shape index (κ1) is 14.0. The molecule has 2 aliphatic rings. The highest BCUT2D eigenvalue weighted by Crippen LogP contribution is 2.47. The smallest absolute Gasteiger partial charge is 0.150 e. The average molecular weight is 297 g/mol. The van der Waals surface area contributed by atoms with Crippen LogP contribution in [0.1, 0.15) is 30.7 Å². The van der Waals surface area contributed by atoms with E-state index in [0.717, 1.165) is 37.9 Å². The minimum absolute atomic E-state index is 0.159. The third kappa shape index (κ3) is 2.61. The maximum absolute atomic E-state index is 13.1. The van der Waals surface area contributed by atoms with Crippen LogP contribution in [0.4, 0.5) is 4.39 Å². The first-order valence-corrected chi connectivity index (χ1v) is 9.00. The van der Waals surface area contributed by atoms with Crippen LogP contribution in [0, 0.1) is 11.2 Å². The van der Waals surface area contributed by atoms with Crippen molar-refractivity contribution in [2.75, 3.05) is 24.6 Å². The van der Waals surface area contributed by atoms with Gasteiger partial charge in [-0.25, -0.2) is 12.8 Å². The van der Waals surface area contributed by atoms with E-state index in [4.69, 9.17) is 0 Å². The topological polar surface area (TPSA) is 46.2 Å². The Hall–Kier alpha value is -0.940. The standard InChI is InChI=1S/C15H20FNO2S/c16-13-4-2-12(3-5-13)14-10-17-8-7-15(14)6-1-9-20(18,19)11-15/h2-5,14,17H,1,6-11H2. The largest absolute Gasteiger partial charge is 0.316 e. The lowest BCUT2D eigenvalue weighted by Crippen LogP contribution is -2.49. The van der Waals surface area contributed by atoms with Gasteiger partial charge in [-0.05, 0) is 48.9 Å². The van der Waals surface area contributed by atoms with E-state index in [0.29, 0.717) is 5.75 Å². The van der Waals surface area contributed by atoms with Gasteiger partial charge in [0.2, 0.25) is 0 Å². The highest BCUT2D eigenvalue weighted by atomic mass is 32.2.